The lowest BCUT2D eigenvalue weighted by Crippen LogP contribution is -2.36. The molecule has 1 saturated carbocycles. The number of nitrogens with one attached hydrogen (secondary N) is 1. The van der Waals surface area contributed by atoms with Gasteiger partial charge in [0, 0.05) is 61.7 Å². The summed E-state index contributed by atoms with van der Waals surface area (Å²) in [6.07, 6.45) is 6.80. The van der Waals surface area contributed by atoms with E-state index >= 15 is 0 Å². The lowest BCUT2D eigenvalue weighted by Gasteiger charge is -2.32. The van der Waals surface area contributed by atoms with E-state index in [2.05, 4.69) is 52.3 Å². The van der Waals surface area contributed by atoms with Crippen LogP contribution in [0.25, 0.3) is 11.3 Å². The third kappa shape index (κ3) is 4.69. The summed E-state index contributed by atoms with van der Waals surface area (Å²) in [5.41, 5.74) is 3.68. The first-order chi connectivity index (χ1) is 17.7. The standard InChI is InChI=1S/C28H29N3O3S2/c32-18-31(19-5-2-1-3-6-19)20-9-10-24-26(16-20)35-25-8-4-7-22(28(25)36-24)23-15-21(17-27(33)29-23)30-11-13-34-14-12-30/h4,7-10,15-19H,1-3,5-6,11-14H2,(H,29,33). The van der Waals surface area contributed by atoms with Crippen molar-refractivity contribution in [3.8, 4) is 11.3 Å². The van der Waals surface area contributed by atoms with E-state index in [4.69, 9.17) is 4.74 Å². The molecule has 36 heavy (non-hydrogen) atoms. The Bertz CT molecular complexity index is 1330. The number of aromatic nitrogens is 1. The molecule has 3 heterocycles. The van der Waals surface area contributed by atoms with E-state index in [0.717, 1.165) is 64.8 Å². The second-order valence-corrected chi connectivity index (χ2v) is 11.6. The molecule has 2 aromatic carbocycles. The van der Waals surface area contributed by atoms with Crippen molar-refractivity contribution in [2.24, 2.45) is 0 Å². The molecule has 1 aromatic heterocycles. The van der Waals surface area contributed by atoms with Crippen LogP contribution in [-0.2, 0) is 9.53 Å². The van der Waals surface area contributed by atoms with Gasteiger partial charge in [0.25, 0.3) is 0 Å². The number of hydrogen-bond donors (Lipinski definition) is 1. The smallest absolute Gasteiger partial charge is 0.250 e. The van der Waals surface area contributed by atoms with Gasteiger partial charge >= 0.3 is 0 Å². The zero-order chi connectivity index (χ0) is 24.5. The Hall–Kier alpha value is -2.68. The number of nitrogens with zero attached hydrogens (tertiary/aromatic N) is 2. The molecule has 0 unspecified atom stereocenters. The summed E-state index contributed by atoms with van der Waals surface area (Å²) in [7, 11) is 0. The van der Waals surface area contributed by atoms with Gasteiger partial charge in [-0.1, -0.05) is 54.9 Å². The average Bonchev–Trinajstić information content (AvgIpc) is 2.93. The molecule has 1 saturated heterocycles. The molecule has 186 valence electrons. The third-order valence-corrected chi connectivity index (χ3v) is 9.81. The van der Waals surface area contributed by atoms with Gasteiger partial charge in [-0.05, 0) is 43.2 Å². The number of anilines is 2. The minimum atomic E-state index is -0.0956. The molecule has 1 N–H and O–H groups in total. The van der Waals surface area contributed by atoms with Crippen molar-refractivity contribution in [2.75, 3.05) is 36.1 Å². The Morgan fingerprint density at radius 1 is 0.944 bits per heavy atom. The number of amides is 1. The number of aromatic amines is 1. The molecule has 0 bridgehead atoms. The van der Waals surface area contributed by atoms with Crippen LogP contribution in [0.3, 0.4) is 0 Å². The molecule has 6 rings (SSSR count). The van der Waals surface area contributed by atoms with Gasteiger partial charge in [0.1, 0.15) is 0 Å². The molecule has 0 atom stereocenters. The molecule has 0 spiro atoms. The van der Waals surface area contributed by atoms with Crippen molar-refractivity contribution in [3.63, 3.8) is 0 Å². The van der Waals surface area contributed by atoms with Crippen LogP contribution in [0.4, 0.5) is 11.4 Å². The van der Waals surface area contributed by atoms with E-state index in [0.29, 0.717) is 19.3 Å². The van der Waals surface area contributed by atoms with E-state index in [1.807, 2.05) is 4.90 Å². The van der Waals surface area contributed by atoms with Gasteiger partial charge in [0.15, 0.2) is 0 Å². The number of benzene rings is 2. The predicted molar refractivity (Wildman–Crippen MR) is 146 cm³/mol. The minimum absolute atomic E-state index is 0.0956. The molecule has 6 nitrogen and oxygen atoms in total. The number of ether oxygens (including phenoxy) is 1. The molecule has 0 radical (unpaired) electrons. The second-order valence-electron chi connectivity index (χ2n) is 9.49. The Morgan fingerprint density at radius 2 is 1.78 bits per heavy atom. The summed E-state index contributed by atoms with van der Waals surface area (Å²) >= 11 is 3.47. The van der Waals surface area contributed by atoms with Crippen molar-refractivity contribution in [1.29, 1.82) is 0 Å². The topological polar surface area (TPSA) is 65.6 Å². The average molecular weight is 520 g/mol. The van der Waals surface area contributed by atoms with E-state index < -0.39 is 0 Å². The number of morpholine rings is 1. The van der Waals surface area contributed by atoms with Crippen LogP contribution in [0.1, 0.15) is 32.1 Å². The zero-order valence-electron chi connectivity index (χ0n) is 20.1. The summed E-state index contributed by atoms with van der Waals surface area (Å²) in [4.78, 5) is 36.5. The Balaban J connectivity index is 1.31. The predicted octanol–water partition coefficient (Wildman–Crippen LogP) is 5.79. The van der Waals surface area contributed by atoms with Gasteiger partial charge in [0.05, 0.1) is 18.9 Å². The molecule has 3 aromatic rings. The molecular formula is C28H29N3O3S2. The van der Waals surface area contributed by atoms with Gasteiger partial charge < -0.3 is 19.5 Å². The van der Waals surface area contributed by atoms with Gasteiger partial charge in [-0.2, -0.15) is 0 Å². The molecular weight excluding hydrogens is 490 g/mol. The minimum Gasteiger partial charge on any atom is -0.378 e. The molecule has 1 amide bonds. The van der Waals surface area contributed by atoms with Crippen LogP contribution in [-0.4, -0.2) is 43.7 Å². The first-order valence-electron chi connectivity index (χ1n) is 12.6. The lowest BCUT2D eigenvalue weighted by molar-refractivity contribution is -0.108. The summed E-state index contributed by atoms with van der Waals surface area (Å²) in [5.74, 6) is 0. The van der Waals surface area contributed by atoms with Crippen LogP contribution < -0.4 is 15.4 Å². The SMILES string of the molecule is O=CN(c1ccc2c(c1)Sc1cccc(-c3cc(N4CCOCC4)cc(=O)[nH]3)c1S2)C1CCCCC1. The van der Waals surface area contributed by atoms with Crippen LogP contribution in [0.15, 0.2) is 72.9 Å². The molecule has 2 aliphatic heterocycles. The van der Waals surface area contributed by atoms with E-state index in [9.17, 15) is 9.59 Å². The van der Waals surface area contributed by atoms with E-state index in [1.165, 1.54) is 29.1 Å². The lowest BCUT2D eigenvalue weighted by atomic mass is 9.94. The summed E-state index contributed by atoms with van der Waals surface area (Å²) in [6, 6.07) is 16.7. The maximum atomic E-state index is 12.6. The fraction of sp³-hybridized carbons (Fsp3) is 0.357. The Labute approximate surface area is 219 Å². The molecule has 8 heteroatoms. The zero-order valence-corrected chi connectivity index (χ0v) is 21.7. The van der Waals surface area contributed by atoms with Gasteiger partial charge in [-0.15, -0.1) is 0 Å². The van der Waals surface area contributed by atoms with Crippen LogP contribution in [0.2, 0.25) is 0 Å². The first kappa shape index (κ1) is 23.7. The summed E-state index contributed by atoms with van der Waals surface area (Å²) in [5, 5.41) is 0. The number of fused-ring (bicyclic) bond motifs is 2. The van der Waals surface area contributed by atoms with E-state index in [-0.39, 0.29) is 5.56 Å². The number of rotatable bonds is 5. The highest BCUT2D eigenvalue weighted by Crippen LogP contribution is 2.52. The van der Waals surface area contributed by atoms with Gasteiger partial charge in [-0.25, -0.2) is 0 Å². The van der Waals surface area contributed by atoms with Crippen molar-refractivity contribution < 1.29 is 9.53 Å². The third-order valence-electron chi connectivity index (χ3n) is 7.21. The van der Waals surface area contributed by atoms with Crippen LogP contribution >= 0.6 is 23.5 Å². The normalized spacial score (nSPS) is 17.8. The maximum Gasteiger partial charge on any atom is 0.250 e. The summed E-state index contributed by atoms with van der Waals surface area (Å²) < 4.78 is 5.48. The largest absolute Gasteiger partial charge is 0.378 e. The van der Waals surface area contributed by atoms with E-state index in [1.54, 1.807) is 29.6 Å². The number of carbonyl (C=O) groups excluding carboxylic acids is 1. The summed E-state index contributed by atoms with van der Waals surface area (Å²) in [6.45, 7) is 2.93. The van der Waals surface area contributed by atoms with Crippen molar-refractivity contribution in [2.45, 2.75) is 57.7 Å². The number of H-pyrrole nitrogens is 1. The van der Waals surface area contributed by atoms with Crippen LogP contribution in [0, 0.1) is 0 Å². The highest BCUT2D eigenvalue weighted by Gasteiger charge is 2.25. The fourth-order valence-corrected chi connectivity index (χ4v) is 7.76. The van der Waals surface area contributed by atoms with Crippen LogP contribution in [0.5, 0.6) is 0 Å². The molecule has 3 aliphatic rings. The molecule has 1 aliphatic carbocycles. The quantitative estimate of drug-likeness (QED) is 0.337. The number of hydrogen-bond acceptors (Lipinski definition) is 6. The molecule has 2 fully saturated rings. The fourth-order valence-electron chi connectivity index (χ4n) is 5.36. The highest BCUT2D eigenvalue weighted by atomic mass is 32.2. The highest BCUT2D eigenvalue weighted by molar-refractivity contribution is 8.05. The van der Waals surface area contributed by atoms with Crippen molar-refractivity contribution in [3.05, 3.63) is 58.9 Å². The number of pyridine rings is 1. The van der Waals surface area contributed by atoms with Gasteiger partial charge in [0.2, 0.25) is 12.0 Å². The Kier molecular flexibility index (Phi) is 6.82. The maximum absolute atomic E-state index is 12.6. The van der Waals surface area contributed by atoms with Crippen molar-refractivity contribution >= 4 is 41.3 Å². The monoisotopic (exact) mass is 519 g/mol. The number of carbonyl (C=O) groups is 1. The Morgan fingerprint density at radius 3 is 2.58 bits per heavy atom. The first-order valence-corrected chi connectivity index (χ1v) is 14.3. The second kappa shape index (κ2) is 10.4. The van der Waals surface area contributed by atoms with Gasteiger partial charge in [-0.3, -0.25) is 9.59 Å². The van der Waals surface area contributed by atoms with Crippen molar-refractivity contribution in [1.82, 2.24) is 4.98 Å².